The summed E-state index contributed by atoms with van der Waals surface area (Å²) >= 11 is 0. The first-order valence-electron chi connectivity index (χ1n) is 4.36. The zero-order valence-electron chi connectivity index (χ0n) is 7.96. The Morgan fingerprint density at radius 3 is 2.75 bits per heavy atom. The Hall–Kier alpha value is -2.27. The minimum atomic E-state index is -3.61. The first-order chi connectivity index (χ1) is 7.61. The SMILES string of the molecule is N#CCC#Cc1ccc2c(c1)OC(F)(F)O2. The van der Waals surface area contributed by atoms with Crippen LogP contribution in [0.2, 0.25) is 0 Å². The molecule has 5 heteroatoms. The van der Waals surface area contributed by atoms with E-state index in [0.29, 0.717) is 5.56 Å². The van der Waals surface area contributed by atoms with Crippen LogP contribution in [-0.2, 0) is 0 Å². The average molecular weight is 221 g/mol. The fourth-order valence-corrected chi connectivity index (χ4v) is 1.21. The first-order valence-corrected chi connectivity index (χ1v) is 4.36. The Morgan fingerprint density at radius 2 is 2.00 bits per heavy atom. The maximum atomic E-state index is 12.7. The van der Waals surface area contributed by atoms with Gasteiger partial charge in [-0.15, -0.1) is 8.78 Å². The van der Waals surface area contributed by atoms with Crippen LogP contribution in [0.25, 0.3) is 0 Å². The predicted octanol–water partition coefficient (Wildman–Crippen LogP) is 2.27. The molecule has 0 bridgehead atoms. The second-order valence-electron chi connectivity index (χ2n) is 2.97. The van der Waals surface area contributed by atoms with Gasteiger partial charge in [-0.05, 0) is 12.1 Å². The quantitative estimate of drug-likeness (QED) is 0.631. The van der Waals surface area contributed by atoms with Gasteiger partial charge in [0.15, 0.2) is 11.5 Å². The molecule has 0 atom stereocenters. The van der Waals surface area contributed by atoms with Gasteiger partial charge in [0.2, 0.25) is 0 Å². The van der Waals surface area contributed by atoms with Crippen molar-refractivity contribution < 1.29 is 18.3 Å². The molecule has 0 N–H and O–H groups in total. The van der Waals surface area contributed by atoms with Crippen molar-refractivity contribution in [3.63, 3.8) is 0 Å². The summed E-state index contributed by atoms with van der Waals surface area (Å²) < 4.78 is 33.8. The van der Waals surface area contributed by atoms with Crippen LogP contribution in [0.1, 0.15) is 12.0 Å². The molecule has 0 saturated carbocycles. The molecule has 0 saturated heterocycles. The van der Waals surface area contributed by atoms with Crippen molar-refractivity contribution in [1.82, 2.24) is 0 Å². The van der Waals surface area contributed by atoms with Gasteiger partial charge in [-0.1, -0.05) is 11.8 Å². The predicted molar refractivity (Wildman–Crippen MR) is 49.8 cm³/mol. The van der Waals surface area contributed by atoms with Gasteiger partial charge in [0.1, 0.15) is 0 Å². The molecular formula is C11H5F2NO2. The summed E-state index contributed by atoms with van der Waals surface area (Å²) in [6.07, 6.45) is -3.52. The van der Waals surface area contributed by atoms with E-state index in [-0.39, 0.29) is 17.9 Å². The van der Waals surface area contributed by atoms with Crippen LogP contribution in [0.3, 0.4) is 0 Å². The summed E-state index contributed by atoms with van der Waals surface area (Å²) in [7, 11) is 0. The van der Waals surface area contributed by atoms with Crippen LogP contribution in [0.4, 0.5) is 8.78 Å². The largest absolute Gasteiger partial charge is 0.586 e. The van der Waals surface area contributed by atoms with Gasteiger partial charge in [-0.3, -0.25) is 0 Å². The number of hydrogen-bond donors (Lipinski definition) is 0. The Morgan fingerprint density at radius 1 is 1.25 bits per heavy atom. The molecule has 0 fully saturated rings. The molecule has 0 unspecified atom stereocenters. The molecule has 0 amide bonds. The average Bonchev–Trinajstić information content (AvgIpc) is 2.51. The Kier molecular flexibility index (Phi) is 2.38. The van der Waals surface area contributed by atoms with Crippen molar-refractivity contribution in [3.05, 3.63) is 23.8 Å². The third-order valence-corrected chi connectivity index (χ3v) is 1.80. The van der Waals surface area contributed by atoms with Crippen LogP contribution >= 0.6 is 0 Å². The molecule has 1 heterocycles. The van der Waals surface area contributed by atoms with Gasteiger partial charge in [-0.2, -0.15) is 5.26 Å². The van der Waals surface area contributed by atoms with E-state index in [4.69, 9.17) is 5.26 Å². The lowest BCUT2D eigenvalue weighted by atomic mass is 10.2. The van der Waals surface area contributed by atoms with Gasteiger partial charge in [0, 0.05) is 11.6 Å². The maximum Gasteiger partial charge on any atom is 0.586 e. The lowest BCUT2D eigenvalue weighted by Crippen LogP contribution is -2.25. The summed E-state index contributed by atoms with van der Waals surface area (Å²) in [5, 5.41) is 8.27. The zero-order chi connectivity index (χ0) is 11.6. The molecule has 0 spiro atoms. The van der Waals surface area contributed by atoms with Crippen LogP contribution < -0.4 is 9.47 Å². The highest BCUT2D eigenvalue weighted by Gasteiger charge is 2.43. The van der Waals surface area contributed by atoms with E-state index in [1.54, 1.807) is 0 Å². The van der Waals surface area contributed by atoms with Crippen molar-refractivity contribution in [2.24, 2.45) is 0 Å². The number of halogens is 2. The van der Waals surface area contributed by atoms with Crippen molar-refractivity contribution in [1.29, 1.82) is 5.26 Å². The number of fused-ring (bicyclic) bond motifs is 1. The first kappa shape index (κ1) is 10.3. The van der Waals surface area contributed by atoms with E-state index >= 15 is 0 Å². The highest BCUT2D eigenvalue weighted by molar-refractivity contribution is 5.49. The Balaban J connectivity index is 2.24. The summed E-state index contributed by atoms with van der Waals surface area (Å²) in [5.74, 6) is 5.15. The Bertz CT molecular complexity index is 523. The minimum Gasteiger partial charge on any atom is -0.395 e. The number of benzene rings is 1. The molecule has 1 aromatic carbocycles. The topological polar surface area (TPSA) is 42.2 Å². The van der Waals surface area contributed by atoms with E-state index in [0.717, 1.165) is 0 Å². The minimum absolute atomic E-state index is 0.0177. The number of alkyl halides is 2. The van der Waals surface area contributed by atoms with E-state index in [9.17, 15) is 8.78 Å². The second-order valence-corrected chi connectivity index (χ2v) is 2.97. The smallest absolute Gasteiger partial charge is 0.395 e. The van der Waals surface area contributed by atoms with Crippen LogP contribution in [-0.4, -0.2) is 6.29 Å². The summed E-state index contributed by atoms with van der Waals surface area (Å²) in [6, 6.07) is 6.08. The normalized spacial score (nSPS) is 14.8. The highest BCUT2D eigenvalue weighted by Crippen LogP contribution is 2.40. The number of hydrogen-bond acceptors (Lipinski definition) is 3. The van der Waals surface area contributed by atoms with E-state index < -0.39 is 6.29 Å². The van der Waals surface area contributed by atoms with Crippen molar-refractivity contribution in [2.75, 3.05) is 0 Å². The summed E-state index contributed by atoms with van der Waals surface area (Å²) in [5.41, 5.74) is 0.496. The zero-order valence-corrected chi connectivity index (χ0v) is 7.96. The van der Waals surface area contributed by atoms with Gasteiger partial charge in [0.25, 0.3) is 0 Å². The number of rotatable bonds is 0. The Labute approximate surface area is 90.2 Å². The third kappa shape index (κ3) is 2.04. The molecule has 80 valence electrons. The van der Waals surface area contributed by atoms with Crippen molar-refractivity contribution in [2.45, 2.75) is 12.7 Å². The lowest BCUT2D eigenvalue weighted by Gasteiger charge is -2.04. The molecule has 1 aromatic rings. The molecule has 0 aromatic heterocycles. The monoisotopic (exact) mass is 221 g/mol. The van der Waals surface area contributed by atoms with E-state index in [2.05, 4.69) is 21.3 Å². The highest BCUT2D eigenvalue weighted by atomic mass is 19.3. The summed E-state index contributed by atoms with van der Waals surface area (Å²) in [4.78, 5) is 0. The third-order valence-electron chi connectivity index (χ3n) is 1.80. The van der Waals surface area contributed by atoms with E-state index in [1.807, 2.05) is 6.07 Å². The molecule has 3 nitrogen and oxygen atoms in total. The van der Waals surface area contributed by atoms with Crippen LogP contribution in [0, 0.1) is 23.2 Å². The molecule has 1 aliphatic heterocycles. The van der Waals surface area contributed by atoms with Crippen LogP contribution in [0.15, 0.2) is 18.2 Å². The van der Waals surface area contributed by atoms with E-state index in [1.165, 1.54) is 18.2 Å². The number of nitrogens with zero attached hydrogens (tertiary/aromatic N) is 1. The molecule has 2 rings (SSSR count). The number of ether oxygens (including phenoxy) is 2. The van der Waals surface area contributed by atoms with Crippen LogP contribution in [0.5, 0.6) is 11.5 Å². The molecule has 1 aliphatic rings. The fraction of sp³-hybridized carbons (Fsp3) is 0.182. The molecule has 0 aliphatic carbocycles. The molecule has 0 radical (unpaired) electrons. The standard InChI is InChI=1S/C11H5F2NO2/c12-11(13)15-9-5-4-8(3-1-2-6-14)7-10(9)16-11/h4-5,7H,2H2. The van der Waals surface area contributed by atoms with Crippen molar-refractivity contribution in [3.8, 4) is 29.4 Å². The van der Waals surface area contributed by atoms with Crippen molar-refractivity contribution >= 4 is 0 Å². The second kappa shape index (κ2) is 3.71. The number of nitriles is 1. The lowest BCUT2D eigenvalue weighted by molar-refractivity contribution is -0.286. The van der Waals surface area contributed by atoms with Gasteiger partial charge < -0.3 is 9.47 Å². The maximum absolute atomic E-state index is 12.7. The molecule has 16 heavy (non-hydrogen) atoms. The van der Waals surface area contributed by atoms with Gasteiger partial charge in [-0.25, -0.2) is 0 Å². The van der Waals surface area contributed by atoms with Gasteiger partial charge in [0.05, 0.1) is 12.5 Å². The fourth-order valence-electron chi connectivity index (χ4n) is 1.21. The molecular weight excluding hydrogens is 216 g/mol. The van der Waals surface area contributed by atoms with Gasteiger partial charge >= 0.3 is 6.29 Å². The summed E-state index contributed by atoms with van der Waals surface area (Å²) in [6.45, 7) is 0.